The summed E-state index contributed by atoms with van der Waals surface area (Å²) in [7, 11) is 1.59. The summed E-state index contributed by atoms with van der Waals surface area (Å²) in [6.45, 7) is 2.59. The first-order valence-electron chi connectivity index (χ1n) is 6.91. The van der Waals surface area contributed by atoms with Crippen LogP contribution < -0.4 is 14.2 Å². The molecule has 0 aromatic heterocycles. The lowest BCUT2D eigenvalue weighted by Crippen LogP contribution is -2.11. The largest absolute Gasteiger partial charge is 0.493 e. The minimum absolute atomic E-state index is 0.129. The Labute approximate surface area is 124 Å². The molecule has 2 rings (SSSR count). The van der Waals surface area contributed by atoms with Gasteiger partial charge in [-0.05, 0) is 25.1 Å². The van der Waals surface area contributed by atoms with Gasteiger partial charge < -0.3 is 19.3 Å². The standard InChI is InChI=1S/C17H20O4/c1-3-20-15-9-5-4-8-13(15)14(18)12-21-17-11-7-6-10-16(17)19-2/h4-11,14,18H,3,12H2,1-2H3. The molecule has 0 heterocycles. The minimum atomic E-state index is -0.766. The Balaban J connectivity index is 2.06. The van der Waals surface area contributed by atoms with Crippen molar-refractivity contribution in [2.75, 3.05) is 20.3 Å². The van der Waals surface area contributed by atoms with Gasteiger partial charge in [0, 0.05) is 5.56 Å². The monoisotopic (exact) mass is 288 g/mol. The van der Waals surface area contributed by atoms with Gasteiger partial charge in [0.15, 0.2) is 11.5 Å². The maximum atomic E-state index is 10.3. The molecule has 1 atom stereocenters. The number of methoxy groups -OCH3 is 1. The molecule has 2 aromatic carbocycles. The second-order valence-corrected chi connectivity index (χ2v) is 4.45. The first-order valence-corrected chi connectivity index (χ1v) is 6.91. The summed E-state index contributed by atoms with van der Waals surface area (Å²) in [4.78, 5) is 0. The number of ether oxygens (including phenoxy) is 3. The van der Waals surface area contributed by atoms with Crippen molar-refractivity contribution in [3.8, 4) is 17.2 Å². The van der Waals surface area contributed by atoms with Crippen LogP contribution in [-0.2, 0) is 0 Å². The maximum Gasteiger partial charge on any atom is 0.161 e. The van der Waals surface area contributed by atoms with Gasteiger partial charge in [0.1, 0.15) is 18.5 Å². The second-order valence-electron chi connectivity index (χ2n) is 4.45. The Hall–Kier alpha value is -2.20. The molecule has 0 bridgehead atoms. The molecule has 1 N–H and O–H groups in total. The highest BCUT2D eigenvalue weighted by atomic mass is 16.5. The third-order valence-electron chi connectivity index (χ3n) is 3.04. The molecule has 2 aromatic rings. The predicted octanol–water partition coefficient (Wildman–Crippen LogP) is 3.21. The number of benzene rings is 2. The van der Waals surface area contributed by atoms with Crippen LogP contribution in [0.15, 0.2) is 48.5 Å². The highest BCUT2D eigenvalue weighted by Crippen LogP contribution is 2.29. The first-order chi connectivity index (χ1) is 10.3. The zero-order valence-corrected chi connectivity index (χ0v) is 12.3. The molecule has 4 nitrogen and oxygen atoms in total. The molecule has 0 amide bonds. The molecule has 0 aliphatic heterocycles. The zero-order valence-electron chi connectivity index (χ0n) is 12.3. The highest BCUT2D eigenvalue weighted by Gasteiger charge is 2.14. The van der Waals surface area contributed by atoms with Crippen LogP contribution in [0.1, 0.15) is 18.6 Å². The summed E-state index contributed by atoms with van der Waals surface area (Å²) in [5.74, 6) is 1.92. The third kappa shape index (κ3) is 3.89. The fourth-order valence-electron chi connectivity index (χ4n) is 2.04. The second kappa shape index (κ2) is 7.55. The fraction of sp³-hybridized carbons (Fsp3) is 0.294. The van der Waals surface area contributed by atoms with E-state index < -0.39 is 6.10 Å². The topological polar surface area (TPSA) is 47.9 Å². The van der Waals surface area contributed by atoms with Gasteiger partial charge in [0.05, 0.1) is 13.7 Å². The fourth-order valence-corrected chi connectivity index (χ4v) is 2.04. The smallest absolute Gasteiger partial charge is 0.161 e. The van der Waals surface area contributed by atoms with Crippen LogP contribution in [-0.4, -0.2) is 25.4 Å². The van der Waals surface area contributed by atoms with E-state index in [4.69, 9.17) is 14.2 Å². The van der Waals surface area contributed by atoms with E-state index >= 15 is 0 Å². The quantitative estimate of drug-likeness (QED) is 0.850. The lowest BCUT2D eigenvalue weighted by Gasteiger charge is -2.17. The average molecular weight is 288 g/mol. The van der Waals surface area contributed by atoms with E-state index in [0.29, 0.717) is 29.4 Å². The predicted molar refractivity (Wildman–Crippen MR) is 81.1 cm³/mol. The molecular formula is C17H20O4. The van der Waals surface area contributed by atoms with Crippen molar-refractivity contribution in [2.45, 2.75) is 13.0 Å². The molecule has 0 aliphatic rings. The number of hydrogen-bond acceptors (Lipinski definition) is 4. The molecule has 0 saturated carbocycles. The van der Waals surface area contributed by atoms with Crippen LogP contribution in [0.5, 0.6) is 17.2 Å². The molecule has 0 fully saturated rings. The Morgan fingerprint density at radius 3 is 2.19 bits per heavy atom. The van der Waals surface area contributed by atoms with Crippen molar-refractivity contribution in [3.63, 3.8) is 0 Å². The molecule has 0 saturated heterocycles. The van der Waals surface area contributed by atoms with Gasteiger partial charge in [-0.15, -0.1) is 0 Å². The molecule has 0 spiro atoms. The van der Waals surface area contributed by atoms with Crippen molar-refractivity contribution in [3.05, 3.63) is 54.1 Å². The van der Waals surface area contributed by atoms with Crippen LogP contribution in [0, 0.1) is 0 Å². The van der Waals surface area contributed by atoms with Gasteiger partial charge in [-0.3, -0.25) is 0 Å². The van der Waals surface area contributed by atoms with E-state index in [1.165, 1.54) is 0 Å². The Bertz CT molecular complexity index is 568. The van der Waals surface area contributed by atoms with E-state index in [9.17, 15) is 5.11 Å². The molecule has 0 aliphatic carbocycles. The summed E-state index contributed by atoms with van der Waals surface area (Å²) < 4.78 is 16.4. The minimum Gasteiger partial charge on any atom is -0.493 e. The number of rotatable bonds is 7. The first kappa shape index (κ1) is 15.2. The molecule has 4 heteroatoms. The van der Waals surface area contributed by atoms with Crippen molar-refractivity contribution in [2.24, 2.45) is 0 Å². The van der Waals surface area contributed by atoms with E-state index in [0.717, 1.165) is 0 Å². The normalized spacial score (nSPS) is 11.8. The summed E-state index contributed by atoms with van der Waals surface area (Å²) in [5, 5.41) is 10.3. The van der Waals surface area contributed by atoms with Crippen LogP contribution in [0.3, 0.4) is 0 Å². The van der Waals surface area contributed by atoms with Crippen molar-refractivity contribution < 1.29 is 19.3 Å². The van der Waals surface area contributed by atoms with Gasteiger partial charge in [-0.25, -0.2) is 0 Å². The molecule has 112 valence electrons. The highest BCUT2D eigenvalue weighted by molar-refractivity contribution is 5.40. The van der Waals surface area contributed by atoms with Crippen LogP contribution >= 0.6 is 0 Å². The summed E-state index contributed by atoms with van der Waals surface area (Å²) >= 11 is 0. The average Bonchev–Trinajstić information content (AvgIpc) is 2.53. The number of aliphatic hydroxyl groups is 1. The number of hydrogen-bond donors (Lipinski definition) is 1. The molecule has 21 heavy (non-hydrogen) atoms. The van der Waals surface area contributed by atoms with E-state index in [2.05, 4.69) is 0 Å². The maximum absolute atomic E-state index is 10.3. The summed E-state index contributed by atoms with van der Waals surface area (Å²) in [6, 6.07) is 14.8. The third-order valence-corrected chi connectivity index (χ3v) is 3.04. The van der Waals surface area contributed by atoms with Crippen molar-refractivity contribution >= 4 is 0 Å². The molecule has 1 unspecified atom stereocenters. The van der Waals surface area contributed by atoms with E-state index in [1.54, 1.807) is 13.2 Å². The SMILES string of the molecule is CCOc1ccccc1C(O)COc1ccccc1OC. The molecule has 0 radical (unpaired) electrons. The molecular weight excluding hydrogens is 268 g/mol. The summed E-state index contributed by atoms with van der Waals surface area (Å²) in [6.07, 6.45) is -0.766. The Kier molecular flexibility index (Phi) is 5.46. The number of para-hydroxylation sites is 3. The van der Waals surface area contributed by atoms with Crippen LogP contribution in [0.2, 0.25) is 0 Å². The van der Waals surface area contributed by atoms with Gasteiger partial charge in [0.2, 0.25) is 0 Å². The zero-order chi connectivity index (χ0) is 15.1. The van der Waals surface area contributed by atoms with E-state index in [-0.39, 0.29) is 6.61 Å². The van der Waals surface area contributed by atoms with E-state index in [1.807, 2.05) is 49.4 Å². The van der Waals surface area contributed by atoms with Crippen molar-refractivity contribution in [1.29, 1.82) is 0 Å². The van der Waals surface area contributed by atoms with Gasteiger partial charge in [-0.2, -0.15) is 0 Å². The lowest BCUT2D eigenvalue weighted by atomic mass is 10.1. The lowest BCUT2D eigenvalue weighted by molar-refractivity contribution is 0.103. The van der Waals surface area contributed by atoms with Crippen LogP contribution in [0.4, 0.5) is 0 Å². The van der Waals surface area contributed by atoms with Gasteiger partial charge in [-0.1, -0.05) is 30.3 Å². The van der Waals surface area contributed by atoms with Gasteiger partial charge >= 0.3 is 0 Å². The Morgan fingerprint density at radius 1 is 0.905 bits per heavy atom. The van der Waals surface area contributed by atoms with Crippen molar-refractivity contribution in [1.82, 2.24) is 0 Å². The van der Waals surface area contributed by atoms with Crippen LogP contribution in [0.25, 0.3) is 0 Å². The Morgan fingerprint density at radius 2 is 1.52 bits per heavy atom. The van der Waals surface area contributed by atoms with Gasteiger partial charge in [0.25, 0.3) is 0 Å². The number of aliphatic hydroxyl groups excluding tert-OH is 1. The summed E-state index contributed by atoms with van der Waals surface area (Å²) in [5.41, 5.74) is 0.717.